The number of hydrogen-bond donors (Lipinski definition) is 2. The minimum absolute atomic E-state index is 0.00972. The lowest BCUT2D eigenvalue weighted by molar-refractivity contribution is -0.118. The zero-order valence-electron chi connectivity index (χ0n) is 15.7. The van der Waals surface area contributed by atoms with Gasteiger partial charge in [-0.3, -0.25) is 9.79 Å². The molecule has 30 heavy (non-hydrogen) atoms. The fourth-order valence-corrected chi connectivity index (χ4v) is 4.08. The van der Waals surface area contributed by atoms with Gasteiger partial charge < -0.3 is 15.2 Å². The first-order chi connectivity index (χ1) is 14.5. The van der Waals surface area contributed by atoms with Crippen LogP contribution in [0.25, 0.3) is 11.3 Å². The van der Waals surface area contributed by atoms with E-state index in [2.05, 4.69) is 37.9 Å². The minimum atomic E-state index is -0.192. The third kappa shape index (κ3) is 4.22. The Balaban J connectivity index is 1.80. The van der Waals surface area contributed by atoms with Gasteiger partial charge in [-0.05, 0) is 36.4 Å². The Morgan fingerprint density at radius 1 is 1.33 bits per heavy atom. The molecular formula is C21H17BrN4O3S. The highest BCUT2D eigenvalue weighted by Gasteiger charge is 2.17. The van der Waals surface area contributed by atoms with Gasteiger partial charge in [0.05, 0.1) is 24.1 Å². The number of hydrogen-bond acceptors (Lipinski definition) is 6. The van der Waals surface area contributed by atoms with Crippen molar-refractivity contribution in [2.45, 2.75) is 0 Å². The number of anilines is 1. The molecule has 0 saturated carbocycles. The zero-order valence-corrected chi connectivity index (χ0v) is 18.1. The van der Waals surface area contributed by atoms with Crippen LogP contribution in [-0.4, -0.2) is 35.1 Å². The van der Waals surface area contributed by atoms with E-state index in [0.29, 0.717) is 28.3 Å². The molecule has 1 aliphatic heterocycles. The maximum Gasteiger partial charge on any atom is 0.262 e. The second-order valence-corrected chi connectivity index (χ2v) is 8.09. The van der Waals surface area contributed by atoms with Crippen molar-refractivity contribution in [2.24, 2.45) is 10.1 Å². The Kier molecular flexibility index (Phi) is 5.82. The summed E-state index contributed by atoms with van der Waals surface area (Å²) in [5.41, 5.74) is 2.80. The number of thiazole rings is 1. The van der Waals surface area contributed by atoms with E-state index in [4.69, 9.17) is 4.74 Å². The topological polar surface area (TPSA) is 88.2 Å². The fraction of sp³-hybridized carbons (Fsp3) is 0.0952. The molecule has 0 spiro atoms. The van der Waals surface area contributed by atoms with Gasteiger partial charge >= 0.3 is 0 Å². The minimum Gasteiger partial charge on any atom is -0.507 e. The van der Waals surface area contributed by atoms with E-state index in [9.17, 15) is 9.90 Å². The lowest BCUT2D eigenvalue weighted by atomic mass is 10.1. The summed E-state index contributed by atoms with van der Waals surface area (Å²) in [4.78, 5) is 16.8. The number of benzene rings is 2. The molecule has 0 bridgehead atoms. The van der Waals surface area contributed by atoms with Crippen LogP contribution in [0.4, 0.5) is 5.69 Å². The number of rotatable bonds is 5. The number of carbonyl (C=O) groups is 1. The first-order valence-electron chi connectivity index (χ1n) is 8.97. The van der Waals surface area contributed by atoms with Crippen molar-refractivity contribution in [3.05, 3.63) is 69.3 Å². The summed E-state index contributed by atoms with van der Waals surface area (Å²) in [7, 11) is 0. The third-order valence-corrected chi connectivity index (χ3v) is 5.60. The number of phenols is 1. The normalized spacial score (nSPS) is 13.8. The molecule has 1 aliphatic rings. The number of carbonyl (C=O) groups excluding carboxylic acids is 1. The van der Waals surface area contributed by atoms with Crippen LogP contribution < -0.4 is 14.9 Å². The molecule has 7 nitrogen and oxygen atoms in total. The third-order valence-electron chi connectivity index (χ3n) is 4.25. The van der Waals surface area contributed by atoms with E-state index in [-0.39, 0.29) is 18.3 Å². The zero-order chi connectivity index (χ0) is 21.1. The number of ether oxygens (including phenoxy) is 1. The number of nitrogens with one attached hydrogen (secondary N) is 1. The molecule has 0 saturated heterocycles. The molecule has 0 aliphatic carbocycles. The van der Waals surface area contributed by atoms with Crippen molar-refractivity contribution in [1.82, 2.24) is 4.68 Å². The first kappa shape index (κ1) is 20.1. The maximum absolute atomic E-state index is 11.7. The number of halogens is 1. The Hall–Kier alpha value is -3.17. The summed E-state index contributed by atoms with van der Waals surface area (Å²) in [5, 5.41) is 19.4. The Bertz CT molecular complexity index is 1230. The van der Waals surface area contributed by atoms with Crippen LogP contribution in [0, 0.1) is 0 Å². The molecule has 0 unspecified atom stereocenters. The fourth-order valence-electron chi connectivity index (χ4n) is 2.85. The highest BCUT2D eigenvalue weighted by Crippen LogP contribution is 2.33. The van der Waals surface area contributed by atoms with Crippen LogP contribution in [-0.2, 0) is 4.79 Å². The molecule has 0 radical (unpaired) electrons. The van der Waals surface area contributed by atoms with E-state index in [1.54, 1.807) is 35.2 Å². The van der Waals surface area contributed by atoms with Crippen molar-refractivity contribution in [3.8, 4) is 22.8 Å². The number of phenolic OH excluding ortho intramolecular Hbond substituents is 1. The number of aromatic hydroxyl groups is 1. The summed E-state index contributed by atoms with van der Waals surface area (Å²) in [6.07, 6.45) is 3.28. The quantitative estimate of drug-likeness (QED) is 0.423. The van der Waals surface area contributed by atoms with Crippen LogP contribution >= 0.6 is 27.3 Å². The average Bonchev–Trinajstić information content (AvgIpc) is 3.15. The van der Waals surface area contributed by atoms with Crippen LogP contribution in [0.5, 0.6) is 11.5 Å². The van der Waals surface area contributed by atoms with Gasteiger partial charge in [0, 0.05) is 21.0 Å². The van der Waals surface area contributed by atoms with Gasteiger partial charge in [0.1, 0.15) is 11.5 Å². The van der Waals surface area contributed by atoms with Gasteiger partial charge in [-0.25, -0.2) is 4.68 Å². The van der Waals surface area contributed by atoms with E-state index in [1.165, 1.54) is 11.3 Å². The SMILES string of the molecule is C=CCN=c1scc(-c2ccc3c(c2)NC(=O)CO3)n1N=Cc1cc(Br)ccc1O. The molecule has 152 valence electrons. The second kappa shape index (κ2) is 8.68. The van der Waals surface area contributed by atoms with Gasteiger partial charge in [-0.2, -0.15) is 5.10 Å². The van der Waals surface area contributed by atoms with Crippen molar-refractivity contribution < 1.29 is 14.6 Å². The van der Waals surface area contributed by atoms with Gasteiger partial charge in [-0.15, -0.1) is 17.9 Å². The van der Waals surface area contributed by atoms with Crippen molar-refractivity contribution in [3.63, 3.8) is 0 Å². The lowest BCUT2D eigenvalue weighted by Gasteiger charge is -2.18. The second-order valence-electron chi connectivity index (χ2n) is 6.34. The molecular weight excluding hydrogens is 468 g/mol. The summed E-state index contributed by atoms with van der Waals surface area (Å²) < 4.78 is 7.97. The van der Waals surface area contributed by atoms with Crippen molar-refractivity contribution >= 4 is 45.1 Å². The lowest BCUT2D eigenvalue weighted by Crippen LogP contribution is -2.25. The van der Waals surface area contributed by atoms with Gasteiger partial charge in [0.25, 0.3) is 5.91 Å². The molecule has 0 atom stereocenters. The van der Waals surface area contributed by atoms with Crippen molar-refractivity contribution in [1.29, 1.82) is 0 Å². The molecule has 2 heterocycles. The van der Waals surface area contributed by atoms with Crippen molar-refractivity contribution in [2.75, 3.05) is 18.5 Å². The standard InChI is InChI=1S/C21H17BrN4O3S/c1-2-7-23-21-26(24-10-14-8-15(22)4-5-18(14)27)17(12-30-21)13-3-6-19-16(9-13)25-20(28)11-29-19/h2-6,8-10,12,27H,1,7,11H2,(H,25,28). The highest BCUT2D eigenvalue weighted by atomic mass is 79.9. The summed E-state index contributed by atoms with van der Waals surface area (Å²) in [5.74, 6) is 0.555. The molecule has 3 aromatic rings. The maximum atomic E-state index is 11.7. The number of fused-ring (bicyclic) bond motifs is 1. The van der Waals surface area contributed by atoms with Gasteiger partial charge in [0.2, 0.25) is 4.80 Å². The largest absolute Gasteiger partial charge is 0.507 e. The van der Waals surface area contributed by atoms with Gasteiger partial charge in [0.15, 0.2) is 6.61 Å². The number of nitrogens with zero attached hydrogens (tertiary/aromatic N) is 3. The molecule has 9 heteroatoms. The smallest absolute Gasteiger partial charge is 0.262 e. The van der Waals surface area contributed by atoms with E-state index in [0.717, 1.165) is 15.7 Å². The Labute approximate surface area is 184 Å². The molecule has 1 aromatic heterocycles. The van der Waals surface area contributed by atoms with E-state index in [1.807, 2.05) is 23.6 Å². The molecule has 4 rings (SSSR count). The number of aromatic nitrogens is 1. The predicted molar refractivity (Wildman–Crippen MR) is 121 cm³/mol. The van der Waals surface area contributed by atoms with E-state index < -0.39 is 0 Å². The molecule has 0 fully saturated rings. The predicted octanol–water partition coefficient (Wildman–Crippen LogP) is 3.98. The Morgan fingerprint density at radius 3 is 3.03 bits per heavy atom. The van der Waals surface area contributed by atoms with Gasteiger partial charge in [-0.1, -0.05) is 22.0 Å². The first-order valence-corrected chi connectivity index (χ1v) is 10.6. The highest BCUT2D eigenvalue weighted by molar-refractivity contribution is 9.10. The van der Waals surface area contributed by atoms with E-state index >= 15 is 0 Å². The molecule has 2 N–H and O–H groups in total. The van der Waals surface area contributed by atoms with Crippen LogP contribution in [0.2, 0.25) is 0 Å². The monoisotopic (exact) mass is 484 g/mol. The molecule has 1 amide bonds. The Morgan fingerprint density at radius 2 is 2.20 bits per heavy atom. The van der Waals surface area contributed by atoms with Crippen LogP contribution in [0.15, 0.2) is 69.0 Å². The summed E-state index contributed by atoms with van der Waals surface area (Å²) in [6, 6.07) is 10.7. The summed E-state index contributed by atoms with van der Waals surface area (Å²) >= 11 is 4.84. The van der Waals surface area contributed by atoms with Crippen LogP contribution in [0.3, 0.4) is 0 Å². The molecule has 2 aromatic carbocycles. The summed E-state index contributed by atoms with van der Waals surface area (Å²) in [6.45, 7) is 4.17. The van der Waals surface area contributed by atoms with Crippen LogP contribution in [0.1, 0.15) is 5.56 Å². The number of amides is 1. The average molecular weight is 485 g/mol.